The molecule has 0 fully saturated rings. The van der Waals surface area contributed by atoms with Crippen LogP contribution >= 0.6 is 23.1 Å². The van der Waals surface area contributed by atoms with Crippen molar-refractivity contribution in [3.8, 4) is 0 Å². The molecule has 0 bridgehead atoms. The zero-order valence-electron chi connectivity index (χ0n) is 18.0. The number of pyridine rings is 1. The Morgan fingerprint density at radius 3 is 2.52 bits per heavy atom. The van der Waals surface area contributed by atoms with Crippen LogP contribution in [0, 0.1) is 0 Å². The first-order valence-corrected chi connectivity index (χ1v) is 12.5. The maximum atomic E-state index is 13.6. The first-order valence-electron chi connectivity index (χ1n) is 10.7. The van der Waals surface area contributed by atoms with Crippen LogP contribution in [0.3, 0.4) is 0 Å². The molecule has 5 rings (SSSR count). The summed E-state index contributed by atoms with van der Waals surface area (Å²) in [4.78, 5) is 36.4. The minimum Gasteiger partial charge on any atom is -0.293 e. The third kappa shape index (κ3) is 4.34. The number of hydrogen-bond donors (Lipinski definition) is 0. The Kier molecular flexibility index (Phi) is 6.07. The number of carbonyl (C=O) groups is 1. The zero-order chi connectivity index (χ0) is 22.8. The summed E-state index contributed by atoms with van der Waals surface area (Å²) in [6.45, 7) is 2.51. The van der Waals surface area contributed by atoms with Crippen molar-refractivity contribution in [2.45, 2.75) is 25.0 Å². The number of rotatable bonds is 7. The lowest BCUT2D eigenvalue weighted by Gasteiger charge is -2.12. The third-order valence-corrected chi connectivity index (χ3v) is 7.59. The summed E-state index contributed by atoms with van der Waals surface area (Å²) >= 11 is 2.67. The van der Waals surface area contributed by atoms with E-state index >= 15 is 0 Å². The summed E-state index contributed by atoms with van der Waals surface area (Å²) < 4.78 is 2.27. The molecule has 33 heavy (non-hydrogen) atoms. The molecule has 3 aromatic heterocycles. The van der Waals surface area contributed by atoms with Gasteiger partial charge >= 0.3 is 0 Å². The molecular weight excluding hydrogens is 450 g/mol. The van der Waals surface area contributed by atoms with E-state index in [2.05, 4.69) is 24.0 Å². The minimum absolute atomic E-state index is 0.00522. The second kappa shape index (κ2) is 9.29. The molecule has 0 saturated carbocycles. The number of thiophene rings is 1. The number of nitrogens with zero attached hydrogens (tertiary/aromatic N) is 3. The number of ketones is 1. The molecule has 164 valence electrons. The first kappa shape index (κ1) is 21.6. The van der Waals surface area contributed by atoms with Gasteiger partial charge in [-0.05, 0) is 29.7 Å². The summed E-state index contributed by atoms with van der Waals surface area (Å²) in [5.41, 5.74) is 3.47. The van der Waals surface area contributed by atoms with Gasteiger partial charge in [0.1, 0.15) is 9.53 Å². The van der Waals surface area contributed by atoms with Crippen molar-refractivity contribution < 1.29 is 4.79 Å². The van der Waals surface area contributed by atoms with E-state index in [9.17, 15) is 9.59 Å². The van der Waals surface area contributed by atoms with Crippen molar-refractivity contribution in [2.24, 2.45) is 0 Å². The average Bonchev–Trinajstić information content (AvgIpc) is 3.24. The van der Waals surface area contributed by atoms with Crippen molar-refractivity contribution >= 4 is 49.3 Å². The predicted octanol–water partition coefficient (Wildman–Crippen LogP) is 5.59. The summed E-state index contributed by atoms with van der Waals surface area (Å²) in [6.07, 6.45) is 2.69. The average molecular weight is 472 g/mol. The molecule has 0 atom stereocenters. The maximum absolute atomic E-state index is 13.6. The van der Waals surface area contributed by atoms with Crippen LogP contribution in [0.25, 0.3) is 20.4 Å². The van der Waals surface area contributed by atoms with E-state index in [4.69, 9.17) is 4.98 Å². The van der Waals surface area contributed by atoms with Gasteiger partial charge in [-0.15, -0.1) is 11.3 Å². The molecule has 3 heterocycles. The van der Waals surface area contributed by atoms with Crippen LogP contribution in [0.4, 0.5) is 0 Å². The monoisotopic (exact) mass is 471 g/mol. The lowest BCUT2D eigenvalue weighted by atomic mass is 10.1. The van der Waals surface area contributed by atoms with E-state index in [0.717, 1.165) is 22.2 Å². The van der Waals surface area contributed by atoms with E-state index < -0.39 is 0 Å². The molecule has 0 radical (unpaired) electrons. The third-order valence-electron chi connectivity index (χ3n) is 5.52. The summed E-state index contributed by atoms with van der Waals surface area (Å²) in [7, 11) is 0. The molecule has 0 unspecified atom stereocenters. The Hall–Kier alpha value is -3.29. The van der Waals surface area contributed by atoms with Crippen LogP contribution in [0.5, 0.6) is 0 Å². The molecule has 0 aliphatic rings. The van der Waals surface area contributed by atoms with Crippen molar-refractivity contribution in [1.29, 1.82) is 0 Å². The number of Topliss-reactive ketones (excluding diaryl/α,β-unsaturated/α-hetero) is 1. The summed E-state index contributed by atoms with van der Waals surface area (Å²) in [6, 6.07) is 21.2. The highest BCUT2D eigenvalue weighted by molar-refractivity contribution is 7.99. The highest BCUT2D eigenvalue weighted by Gasteiger charge is 2.18. The highest BCUT2D eigenvalue weighted by atomic mass is 32.2. The van der Waals surface area contributed by atoms with E-state index in [1.54, 1.807) is 22.9 Å². The Morgan fingerprint density at radius 2 is 1.76 bits per heavy atom. The van der Waals surface area contributed by atoms with Gasteiger partial charge in [-0.2, -0.15) is 0 Å². The number of aromatic nitrogens is 3. The largest absolute Gasteiger partial charge is 0.293 e. The zero-order valence-corrected chi connectivity index (χ0v) is 19.7. The Morgan fingerprint density at radius 1 is 1.00 bits per heavy atom. The molecule has 7 heteroatoms. The van der Waals surface area contributed by atoms with Crippen molar-refractivity contribution in [2.75, 3.05) is 5.75 Å². The summed E-state index contributed by atoms with van der Waals surface area (Å²) in [5, 5.41) is 1.41. The van der Waals surface area contributed by atoms with Crippen molar-refractivity contribution in [1.82, 2.24) is 14.5 Å². The van der Waals surface area contributed by atoms with E-state index in [1.165, 1.54) is 28.7 Å². The molecule has 5 nitrogen and oxygen atoms in total. The van der Waals surface area contributed by atoms with Gasteiger partial charge in [0.2, 0.25) is 0 Å². The minimum atomic E-state index is -0.0998. The van der Waals surface area contributed by atoms with Crippen molar-refractivity contribution in [3.63, 3.8) is 0 Å². The normalized spacial score (nSPS) is 11.3. The number of carbonyl (C=O) groups excluding carboxylic acids is 1. The molecule has 0 aliphatic heterocycles. The lowest BCUT2D eigenvalue weighted by molar-refractivity contribution is 0.102. The van der Waals surface area contributed by atoms with Gasteiger partial charge < -0.3 is 0 Å². The Balaban J connectivity index is 1.57. The molecule has 0 spiro atoms. The lowest BCUT2D eigenvalue weighted by Crippen LogP contribution is -2.23. The number of fused-ring (bicyclic) bond motifs is 3. The second-order valence-corrected chi connectivity index (χ2v) is 9.61. The fourth-order valence-electron chi connectivity index (χ4n) is 3.69. The molecule has 2 aromatic carbocycles. The van der Waals surface area contributed by atoms with Gasteiger partial charge in [0.25, 0.3) is 5.56 Å². The van der Waals surface area contributed by atoms with Crippen LogP contribution in [-0.2, 0) is 13.0 Å². The smallest absolute Gasteiger partial charge is 0.272 e. The van der Waals surface area contributed by atoms with Crippen LogP contribution in [-0.4, -0.2) is 26.1 Å². The van der Waals surface area contributed by atoms with Crippen LogP contribution in [0.2, 0.25) is 0 Å². The fourth-order valence-corrected chi connectivity index (χ4v) is 5.61. The SMILES string of the molecule is CCc1ccc(Cn2c(SCC(=O)c3ccccc3)nc3c(sc4ncccc43)c2=O)cc1. The second-order valence-electron chi connectivity index (χ2n) is 7.67. The number of hydrogen-bond acceptors (Lipinski definition) is 6. The number of aryl methyl sites for hydroxylation is 1. The number of thioether (sulfide) groups is 1. The Bertz CT molecular complexity index is 1510. The molecule has 0 N–H and O–H groups in total. The maximum Gasteiger partial charge on any atom is 0.272 e. The van der Waals surface area contributed by atoms with E-state index in [0.29, 0.717) is 27.5 Å². The van der Waals surface area contributed by atoms with E-state index in [1.807, 2.05) is 42.5 Å². The molecule has 5 aromatic rings. The predicted molar refractivity (Wildman–Crippen MR) is 136 cm³/mol. The van der Waals surface area contributed by atoms with Crippen molar-refractivity contribution in [3.05, 3.63) is 100.0 Å². The van der Waals surface area contributed by atoms with Crippen LogP contribution < -0.4 is 5.56 Å². The van der Waals surface area contributed by atoms with E-state index in [-0.39, 0.29) is 17.1 Å². The fraction of sp³-hybridized carbons (Fsp3) is 0.154. The molecule has 0 saturated heterocycles. The van der Waals surface area contributed by atoms with Gasteiger partial charge in [-0.1, -0.05) is 73.3 Å². The van der Waals surface area contributed by atoms with Gasteiger partial charge in [0.15, 0.2) is 10.9 Å². The molecule has 0 aliphatic carbocycles. The topological polar surface area (TPSA) is 64.8 Å². The van der Waals surface area contributed by atoms with Crippen LogP contribution in [0.15, 0.2) is 82.9 Å². The standard InChI is InChI=1S/C26H21N3O2S2/c1-2-17-10-12-18(13-11-17)15-29-25(31)23-22(20-9-6-14-27-24(20)33-23)28-26(29)32-16-21(30)19-7-4-3-5-8-19/h3-14H,2,15-16H2,1H3. The van der Waals surface area contributed by atoms with Gasteiger partial charge in [0, 0.05) is 17.1 Å². The first-order chi connectivity index (χ1) is 16.1. The molecule has 0 amide bonds. The number of benzene rings is 2. The van der Waals surface area contributed by atoms with Gasteiger partial charge in [-0.25, -0.2) is 9.97 Å². The van der Waals surface area contributed by atoms with Gasteiger partial charge in [0.05, 0.1) is 17.8 Å². The summed E-state index contributed by atoms with van der Waals surface area (Å²) in [5.74, 6) is 0.211. The van der Waals surface area contributed by atoms with Gasteiger partial charge in [-0.3, -0.25) is 14.2 Å². The quantitative estimate of drug-likeness (QED) is 0.176. The molecular formula is C26H21N3O2S2. The van der Waals surface area contributed by atoms with Crippen LogP contribution in [0.1, 0.15) is 28.4 Å². The Labute approximate surface area is 199 Å². The highest BCUT2D eigenvalue weighted by Crippen LogP contribution is 2.30.